The lowest BCUT2D eigenvalue weighted by Gasteiger charge is -2.08. The maximum absolute atomic E-state index is 12.7. The monoisotopic (exact) mass is 635 g/mol. The van der Waals surface area contributed by atoms with Gasteiger partial charge in [-0.3, -0.25) is 9.59 Å². The van der Waals surface area contributed by atoms with Crippen molar-refractivity contribution in [2.45, 2.75) is 0 Å². The first kappa shape index (κ1) is 28.8. The first-order valence-electron chi connectivity index (χ1n) is 11.7. The molecule has 0 saturated carbocycles. The topological polar surface area (TPSA) is 96.9 Å². The van der Waals surface area contributed by atoms with Crippen molar-refractivity contribution < 1.29 is 19.1 Å². The lowest BCUT2D eigenvalue weighted by atomic mass is 10.1. The van der Waals surface area contributed by atoms with Crippen LogP contribution in [0, 0.1) is 0 Å². The van der Waals surface area contributed by atoms with Crippen molar-refractivity contribution in [2.24, 2.45) is 5.10 Å². The van der Waals surface area contributed by atoms with Crippen LogP contribution >= 0.6 is 39.1 Å². The molecular weight excluding hydrogens is 617 g/mol. The molecule has 0 spiro atoms. The predicted octanol–water partition coefficient (Wildman–Crippen LogP) is 7.39. The van der Waals surface area contributed by atoms with Crippen molar-refractivity contribution in [3.05, 3.63) is 134 Å². The van der Waals surface area contributed by atoms with E-state index in [1.807, 2.05) is 0 Å². The summed E-state index contributed by atoms with van der Waals surface area (Å²) >= 11 is 15.4. The van der Waals surface area contributed by atoms with Gasteiger partial charge in [-0.1, -0.05) is 69.5 Å². The smallest absolute Gasteiger partial charge is 0.336 e. The molecule has 0 bridgehead atoms. The van der Waals surface area contributed by atoms with Gasteiger partial charge < -0.3 is 10.1 Å². The van der Waals surface area contributed by atoms with Gasteiger partial charge in [0.25, 0.3) is 11.8 Å². The molecule has 0 atom stereocenters. The number of anilines is 1. The summed E-state index contributed by atoms with van der Waals surface area (Å²) in [5.41, 5.74) is 4.66. The quantitative estimate of drug-likeness (QED) is 0.0693. The van der Waals surface area contributed by atoms with Gasteiger partial charge in [-0.05, 0) is 72.3 Å². The summed E-state index contributed by atoms with van der Waals surface area (Å²) in [4.78, 5) is 37.6. The highest BCUT2D eigenvalue weighted by molar-refractivity contribution is 9.10. The number of ether oxygens (including phenoxy) is 1. The van der Waals surface area contributed by atoms with Crippen LogP contribution in [0.1, 0.15) is 31.8 Å². The summed E-state index contributed by atoms with van der Waals surface area (Å²) in [5.74, 6) is -1.26. The third kappa shape index (κ3) is 8.13. The van der Waals surface area contributed by atoms with Gasteiger partial charge in [-0.25, -0.2) is 10.2 Å². The Kier molecular flexibility index (Phi) is 9.86. The molecule has 0 heterocycles. The molecule has 0 aliphatic rings. The number of esters is 1. The van der Waals surface area contributed by atoms with Gasteiger partial charge in [0.05, 0.1) is 16.8 Å². The molecule has 2 N–H and O–H groups in total. The standard InChI is InChI=1S/C30H20BrCl2N3O4/c31-22-11-14-27(40-28(37)15-10-19-8-12-23(32)13-9-19)21(16-22)18-34-36-29(38)20-4-3-5-24(17-20)35-30(39)25-6-1-2-7-26(25)33/h1-18H,(H,35,39)(H,36,38)/b15-10+,34-18?. The average Bonchev–Trinajstić information content (AvgIpc) is 2.94. The zero-order valence-electron chi connectivity index (χ0n) is 20.6. The molecule has 0 aromatic heterocycles. The third-order valence-corrected chi connectivity index (χ3v) is 6.41. The summed E-state index contributed by atoms with van der Waals surface area (Å²) < 4.78 is 6.18. The number of hydrazone groups is 1. The molecule has 10 heteroatoms. The molecule has 4 aromatic carbocycles. The van der Waals surface area contributed by atoms with Crippen LogP contribution in [0.2, 0.25) is 10.0 Å². The van der Waals surface area contributed by atoms with Crippen molar-refractivity contribution in [1.29, 1.82) is 0 Å². The fourth-order valence-corrected chi connectivity index (χ4v) is 4.13. The average molecular weight is 637 g/mol. The van der Waals surface area contributed by atoms with Gasteiger partial charge in [0.15, 0.2) is 0 Å². The number of amides is 2. The highest BCUT2D eigenvalue weighted by atomic mass is 79.9. The van der Waals surface area contributed by atoms with E-state index in [0.717, 1.165) is 10.0 Å². The van der Waals surface area contributed by atoms with E-state index in [1.54, 1.807) is 91.0 Å². The Labute approximate surface area is 248 Å². The Bertz CT molecular complexity index is 1620. The van der Waals surface area contributed by atoms with E-state index in [2.05, 4.69) is 31.8 Å². The van der Waals surface area contributed by atoms with Crippen LogP contribution in [0.25, 0.3) is 6.08 Å². The number of rotatable bonds is 8. The number of carbonyl (C=O) groups is 3. The van der Waals surface area contributed by atoms with Gasteiger partial charge in [0.1, 0.15) is 5.75 Å². The maximum atomic E-state index is 12.7. The zero-order valence-corrected chi connectivity index (χ0v) is 23.7. The summed E-state index contributed by atoms with van der Waals surface area (Å²) in [5, 5.41) is 7.64. The molecule has 0 aliphatic carbocycles. The Morgan fingerprint density at radius 1 is 0.850 bits per heavy atom. The summed E-state index contributed by atoms with van der Waals surface area (Å²) in [6.45, 7) is 0. The Morgan fingerprint density at radius 2 is 1.62 bits per heavy atom. The summed E-state index contributed by atoms with van der Waals surface area (Å²) in [6.07, 6.45) is 4.26. The largest absolute Gasteiger partial charge is 0.423 e. The van der Waals surface area contributed by atoms with Crippen molar-refractivity contribution in [3.8, 4) is 5.75 Å². The van der Waals surface area contributed by atoms with Gasteiger partial charge in [-0.15, -0.1) is 0 Å². The minimum atomic E-state index is -0.591. The van der Waals surface area contributed by atoms with E-state index >= 15 is 0 Å². The minimum Gasteiger partial charge on any atom is -0.423 e. The Morgan fingerprint density at radius 3 is 2.40 bits per heavy atom. The molecule has 0 aliphatic heterocycles. The highest BCUT2D eigenvalue weighted by Gasteiger charge is 2.12. The number of nitrogens with one attached hydrogen (secondary N) is 2. The van der Waals surface area contributed by atoms with Crippen molar-refractivity contribution in [3.63, 3.8) is 0 Å². The molecule has 7 nitrogen and oxygen atoms in total. The van der Waals surface area contributed by atoms with E-state index in [0.29, 0.717) is 26.9 Å². The second-order valence-electron chi connectivity index (χ2n) is 8.20. The van der Waals surface area contributed by atoms with Crippen molar-refractivity contribution >= 4 is 74.9 Å². The first-order valence-corrected chi connectivity index (χ1v) is 13.3. The van der Waals surface area contributed by atoms with E-state index < -0.39 is 17.8 Å². The van der Waals surface area contributed by atoms with Crippen LogP contribution < -0.4 is 15.5 Å². The van der Waals surface area contributed by atoms with Crippen molar-refractivity contribution in [2.75, 3.05) is 5.32 Å². The molecule has 0 unspecified atom stereocenters. The second-order valence-corrected chi connectivity index (χ2v) is 9.96. The summed E-state index contributed by atoms with van der Waals surface area (Å²) in [7, 11) is 0. The van der Waals surface area contributed by atoms with Crippen LogP contribution in [0.15, 0.2) is 107 Å². The molecule has 2 amide bonds. The normalized spacial score (nSPS) is 11.0. The van der Waals surface area contributed by atoms with E-state index in [-0.39, 0.29) is 11.3 Å². The number of carbonyl (C=O) groups excluding carboxylic acids is 3. The molecule has 0 saturated heterocycles. The summed E-state index contributed by atoms with van der Waals surface area (Å²) in [6, 6.07) is 25.0. The first-order chi connectivity index (χ1) is 19.3. The molecular formula is C30H20BrCl2N3O4. The Hall–Kier alpha value is -4.24. The maximum Gasteiger partial charge on any atom is 0.336 e. The molecule has 0 radical (unpaired) electrons. The van der Waals surface area contributed by atoms with Gasteiger partial charge in [0.2, 0.25) is 0 Å². The molecule has 0 fully saturated rings. The number of hydrogen-bond acceptors (Lipinski definition) is 5. The lowest BCUT2D eigenvalue weighted by molar-refractivity contribution is -0.128. The van der Waals surface area contributed by atoms with Gasteiger partial charge >= 0.3 is 5.97 Å². The van der Waals surface area contributed by atoms with Crippen LogP contribution in [0.4, 0.5) is 5.69 Å². The highest BCUT2D eigenvalue weighted by Crippen LogP contribution is 2.23. The number of hydrogen-bond donors (Lipinski definition) is 2. The van der Waals surface area contributed by atoms with Crippen LogP contribution in [-0.4, -0.2) is 24.0 Å². The van der Waals surface area contributed by atoms with Crippen molar-refractivity contribution in [1.82, 2.24) is 5.43 Å². The van der Waals surface area contributed by atoms with Crippen LogP contribution in [-0.2, 0) is 4.79 Å². The number of nitrogens with zero attached hydrogens (tertiary/aromatic N) is 1. The van der Waals surface area contributed by atoms with E-state index in [1.165, 1.54) is 18.4 Å². The molecule has 4 aromatic rings. The molecule has 200 valence electrons. The SMILES string of the molecule is O=C(/C=C/c1ccc(Cl)cc1)Oc1ccc(Br)cc1C=NNC(=O)c1cccc(NC(=O)c2ccccc2Cl)c1. The second kappa shape index (κ2) is 13.7. The Balaban J connectivity index is 1.40. The fraction of sp³-hybridized carbons (Fsp3) is 0. The molecule has 40 heavy (non-hydrogen) atoms. The number of halogens is 3. The lowest BCUT2D eigenvalue weighted by Crippen LogP contribution is -2.18. The van der Waals surface area contributed by atoms with E-state index in [4.69, 9.17) is 27.9 Å². The zero-order chi connectivity index (χ0) is 28.5. The minimum absolute atomic E-state index is 0.247. The van der Waals surface area contributed by atoms with Crippen LogP contribution in [0.5, 0.6) is 5.75 Å². The van der Waals surface area contributed by atoms with Gasteiger partial charge in [0, 0.05) is 32.4 Å². The van der Waals surface area contributed by atoms with E-state index in [9.17, 15) is 14.4 Å². The molecule has 4 rings (SSSR count). The third-order valence-electron chi connectivity index (χ3n) is 5.34. The predicted molar refractivity (Wildman–Crippen MR) is 161 cm³/mol. The fourth-order valence-electron chi connectivity index (χ4n) is 3.40. The van der Waals surface area contributed by atoms with Gasteiger partial charge in [-0.2, -0.15) is 5.10 Å². The number of benzene rings is 4. The van der Waals surface area contributed by atoms with Crippen LogP contribution in [0.3, 0.4) is 0 Å².